The van der Waals surface area contributed by atoms with Gasteiger partial charge in [-0.15, -0.1) is 0 Å². The van der Waals surface area contributed by atoms with Crippen LogP contribution in [-0.2, 0) is 4.79 Å². The summed E-state index contributed by atoms with van der Waals surface area (Å²) in [6, 6.07) is 0.291. The standard InChI is InChI=1S/C8H16N2O/c1-2-8(11)6-10-4-3-7(9)5-10/h7H,2-6,9H2,1H3. The zero-order valence-corrected chi connectivity index (χ0v) is 7.05. The average Bonchev–Trinajstić information content (AvgIpc) is 2.35. The number of likely N-dealkylation sites (tertiary alicyclic amines) is 1. The average molecular weight is 156 g/mol. The van der Waals surface area contributed by atoms with Crippen molar-refractivity contribution in [1.29, 1.82) is 0 Å². The molecule has 0 saturated carbocycles. The molecule has 64 valence electrons. The zero-order chi connectivity index (χ0) is 8.27. The second-order valence-electron chi connectivity index (χ2n) is 3.18. The summed E-state index contributed by atoms with van der Waals surface area (Å²) in [6.45, 7) is 4.39. The van der Waals surface area contributed by atoms with Gasteiger partial charge in [-0.25, -0.2) is 0 Å². The quantitative estimate of drug-likeness (QED) is 0.625. The minimum atomic E-state index is 0.291. The molecule has 2 N–H and O–H groups in total. The number of carbonyl (C=O) groups excluding carboxylic acids is 1. The Morgan fingerprint density at radius 1 is 1.73 bits per heavy atom. The number of carbonyl (C=O) groups is 1. The Balaban J connectivity index is 2.23. The largest absolute Gasteiger partial charge is 0.326 e. The third-order valence-corrected chi connectivity index (χ3v) is 2.10. The third-order valence-electron chi connectivity index (χ3n) is 2.10. The van der Waals surface area contributed by atoms with E-state index in [-0.39, 0.29) is 0 Å². The summed E-state index contributed by atoms with van der Waals surface area (Å²) in [5.74, 6) is 0.319. The van der Waals surface area contributed by atoms with Crippen LogP contribution >= 0.6 is 0 Å². The van der Waals surface area contributed by atoms with Crippen molar-refractivity contribution in [2.75, 3.05) is 19.6 Å². The Hall–Kier alpha value is -0.410. The van der Waals surface area contributed by atoms with Crippen LogP contribution in [-0.4, -0.2) is 36.4 Å². The van der Waals surface area contributed by atoms with Crippen LogP contribution in [0.15, 0.2) is 0 Å². The van der Waals surface area contributed by atoms with Gasteiger partial charge in [-0.2, -0.15) is 0 Å². The highest BCUT2D eigenvalue weighted by Crippen LogP contribution is 2.06. The van der Waals surface area contributed by atoms with Crippen LogP contribution in [0.4, 0.5) is 0 Å². The van der Waals surface area contributed by atoms with Crippen molar-refractivity contribution in [3.05, 3.63) is 0 Å². The van der Waals surface area contributed by atoms with E-state index in [4.69, 9.17) is 5.73 Å². The van der Waals surface area contributed by atoms with Crippen molar-refractivity contribution in [3.8, 4) is 0 Å². The highest BCUT2D eigenvalue weighted by Gasteiger charge is 2.19. The van der Waals surface area contributed by atoms with Crippen molar-refractivity contribution in [2.24, 2.45) is 5.73 Å². The molecule has 1 saturated heterocycles. The first-order chi connectivity index (χ1) is 5.22. The molecule has 0 aliphatic carbocycles. The molecule has 0 amide bonds. The Kier molecular flexibility index (Phi) is 3.02. The lowest BCUT2D eigenvalue weighted by atomic mass is 10.3. The fourth-order valence-corrected chi connectivity index (χ4v) is 1.37. The first-order valence-corrected chi connectivity index (χ1v) is 4.22. The molecule has 1 unspecified atom stereocenters. The SMILES string of the molecule is CCC(=O)CN1CCC(N)C1. The maximum absolute atomic E-state index is 11.0. The summed E-state index contributed by atoms with van der Waals surface area (Å²) in [7, 11) is 0. The van der Waals surface area contributed by atoms with E-state index in [1.165, 1.54) is 0 Å². The van der Waals surface area contributed by atoms with E-state index in [2.05, 4.69) is 4.90 Å². The molecular formula is C8H16N2O. The lowest BCUT2D eigenvalue weighted by molar-refractivity contribution is -0.119. The van der Waals surface area contributed by atoms with Crippen molar-refractivity contribution in [1.82, 2.24) is 4.90 Å². The maximum atomic E-state index is 11.0. The van der Waals surface area contributed by atoms with E-state index in [1.54, 1.807) is 0 Å². The second-order valence-corrected chi connectivity index (χ2v) is 3.18. The number of nitrogens with zero attached hydrogens (tertiary/aromatic N) is 1. The molecule has 0 aromatic carbocycles. The fourth-order valence-electron chi connectivity index (χ4n) is 1.37. The highest BCUT2D eigenvalue weighted by atomic mass is 16.1. The molecule has 0 bridgehead atoms. The first-order valence-electron chi connectivity index (χ1n) is 4.22. The number of nitrogens with two attached hydrogens (primary N) is 1. The Labute approximate surface area is 67.5 Å². The van der Waals surface area contributed by atoms with Gasteiger partial charge < -0.3 is 5.73 Å². The van der Waals surface area contributed by atoms with Crippen LogP contribution < -0.4 is 5.73 Å². The second kappa shape index (κ2) is 3.83. The van der Waals surface area contributed by atoms with Gasteiger partial charge in [0.2, 0.25) is 0 Å². The van der Waals surface area contributed by atoms with Gasteiger partial charge in [-0.3, -0.25) is 9.69 Å². The summed E-state index contributed by atoms with van der Waals surface area (Å²) in [5.41, 5.74) is 5.69. The van der Waals surface area contributed by atoms with Crippen molar-refractivity contribution in [3.63, 3.8) is 0 Å². The Bertz CT molecular complexity index is 147. The number of hydrogen-bond donors (Lipinski definition) is 1. The zero-order valence-electron chi connectivity index (χ0n) is 7.05. The molecule has 1 aliphatic rings. The summed E-state index contributed by atoms with van der Waals surface area (Å²) in [4.78, 5) is 13.1. The number of ketones is 1. The van der Waals surface area contributed by atoms with Gasteiger partial charge in [-0.05, 0) is 6.42 Å². The van der Waals surface area contributed by atoms with E-state index in [0.29, 0.717) is 24.8 Å². The molecule has 3 heteroatoms. The van der Waals surface area contributed by atoms with Crippen LogP contribution in [0.1, 0.15) is 19.8 Å². The molecule has 1 aliphatic heterocycles. The van der Waals surface area contributed by atoms with E-state index < -0.39 is 0 Å². The highest BCUT2D eigenvalue weighted by molar-refractivity contribution is 5.80. The first kappa shape index (κ1) is 8.68. The molecule has 1 atom stereocenters. The van der Waals surface area contributed by atoms with Crippen molar-refractivity contribution < 1.29 is 4.79 Å². The third kappa shape index (κ3) is 2.60. The van der Waals surface area contributed by atoms with Crippen LogP contribution in [0, 0.1) is 0 Å². The van der Waals surface area contributed by atoms with E-state index in [1.807, 2.05) is 6.92 Å². The van der Waals surface area contributed by atoms with E-state index in [0.717, 1.165) is 19.5 Å². The fraction of sp³-hybridized carbons (Fsp3) is 0.875. The minimum Gasteiger partial charge on any atom is -0.326 e. The van der Waals surface area contributed by atoms with Gasteiger partial charge in [-0.1, -0.05) is 6.92 Å². The maximum Gasteiger partial charge on any atom is 0.146 e. The molecule has 0 spiro atoms. The van der Waals surface area contributed by atoms with Crippen LogP contribution in [0.25, 0.3) is 0 Å². The van der Waals surface area contributed by atoms with Crippen LogP contribution in [0.2, 0.25) is 0 Å². The summed E-state index contributed by atoms with van der Waals surface area (Å²) in [6.07, 6.45) is 1.68. The van der Waals surface area contributed by atoms with Crippen LogP contribution in [0.3, 0.4) is 0 Å². The van der Waals surface area contributed by atoms with Gasteiger partial charge in [0.15, 0.2) is 0 Å². The van der Waals surface area contributed by atoms with Gasteiger partial charge in [0.1, 0.15) is 5.78 Å². The lowest BCUT2D eigenvalue weighted by Gasteiger charge is -2.12. The monoisotopic (exact) mass is 156 g/mol. The molecule has 11 heavy (non-hydrogen) atoms. The number of rotatable bonds is 3. The van der Waals surface area contributed by atoms with Gasteiger partial charge in [0, 0.05) is 25.6 Å². The van der Waals surface area contributed by atoms with Gasteiger partial charge in [0.05, 0.1) is 6.54 Å². The Morgan fingerprint density at radius 3 is 2.91 bits per heavy atom. The number of hydrogen-bond acceptors (Lipinski definition) is 3. The predicted octanol–water partition coefficient (Wildman–Crippen LogP) is -0.00150. The topological polar surface area (TPSA) is 46.3 Å². The summed E-state index contributed by atoms with van der Waals surface area (Å²) < 4.78 is 0. The van der Waals surface area contributed by atoms with Gasteiger partial charge in [0.25, 0.3) is 0 Å². The smallest absolute Gasteiger partial charge is 0.146 e. The van der Waals surface area contributed by atoms with E-state index in [9.17, 15) is 4.79 Å². The predicted molar refractivity (Wildman–Crippen MR) is 44.3 cm³/mol. The number of Topliss-reactive ketones (excluding diaryl/α,β-unsaturated/α-hetero) is 1. The molecule has 0 aromatic heterocycles. The van der Waals surface area contributed by atoms with Crippen molar-refractivity contribution in [2.45, 2.75) is 25.8 Å². The normalized spacial score (nSPS) is 25.8. The summed E-state index contributed by atoms with van der Waals surface area (Å²) >= 11 is 0. The molecule has 1 fully saturated rings. The molecule has 1 rings (SSSR count). The molecular weight excluding hydrogens is 140 g/mol. The molecule has 0 radical (unpaired) electrons. The molecule has 0 aromatic rings. The van der Waals surface area contributed by atoms with E-state index >= 15 is 0 Å². The molecule has 1 heterocycles. The van der Waals surface area contributed by atoms with Crippen molar-refractivity contribution >= 4 is 5.78 Å². The lowest BCUT2D eigenvalue weighted by Crippen LogP contribution is -2.30. The molecule has 3 nitrogen and oxygen atoms in total. The van der Waals surface area contributed by atoms with Gasteiger partial charge >= 0.3 is 0 Å². The Morgan fingerprint density at radius 2 is 2.45 bits per heavy atom. The van der Waals surface area contributed by atoms with Crippen LogP contribution in [0.5, 0.6) is 0 Å². The summed E-state index contributed by atoms with van der Waals surface area (Å²) in [5, 5.41) is 0. The minimum absolute atomic E-state index is 0.291.